The molecule has 4 atom stereocenters. The molecule has 0 amide bonds. The van der Waals surface area contributed by atoms with E-state index in [0.717, 1.165) is 3.57 Å². The second-order valence-corrected chi connectivity index (χ2v) is 7.52. The summed E-state index contributed by atoms with van der Waals surface area (Å²) in [6, 6.07) is 7.14. The minimum absolute atomic E-state index is 0.0725. The lowest BCUT2D eigenvalue weighted by atomic mass is 9.95. The standard InChI is InChI=1S/C16H19IO6/c1-15(2)22-12-14(23-15)21-11(16(12,3)19)8-20-13(18)9-6-4-5-7-10(9)17/h4-7,11-12,14,19H,8H2,1-3H3/t11-,12-,14-,16?/m0/s1. The molecule has 2 saturated heterocycles. The van der Waals surface area contributed by atoms with E-state index in [1.165, 1.54) is 0 Å². The average molecular weight is 434 g/mol. The quantitative estimate of drug-likeness (QED) is 0.580. The first-order valence-electron chi connectivity index (χ1n) is 7.36. The van der Waals surface area contributed by atoms with Crippen molar-refractivity contribution >= 4 is 28.6 Å². The van der Waals surface area contributed by atoms with Crippen LogP contribution in [-0.4, -0.2) is 47.6 Å². The largest absolute Gasteiger partial charge is 0.459 e. The second-order valence-electron chi connectivity index (χ2n) is 6.35. The average Bonchev–Trinajstić information content (AvgIpc) is 2.89. The molecule has 1 aromatic carbocycles. The Morgan fingerprint density at radius 3 is 2.65 bits per heavy atom. The van der Waals surface area contributed by atoms with Crippen molar-refractivity contribution in [3.8, 4) is 0 Å². The molecule has 2 heterocycles. The molecule has 1 unspecified atom stereocenters. The van der Waals surface area contributed by atoms with Crippen LogP contribution in [0.2, 0.25) is 0 Å². The number of rotatable bonds is 3. The fourth-order valence-electron chi connectivity index (χ4n) is 2.77. The van der Waals surface area contributed by atoms with Crippen LogP contribution in [-0.2, 0) is 18.9 Å². The predicted molar refractivity (Wildman–Crippen MR) is 88.8 cm³/mol. The molecule has 0 bridgehead atoms. The summed E-state index contributed by atoms with van der Waals surface area (Å²) in [4.78, 5) is 12.2. The molecule has 0 spiro atoms. The fourth-order valence-corrected chi connectivity index (χ4v) is 3.38. The molecule has 7 heteroatoms. The van der Waals surface area contributed by atoms with Crippen molar-refractivity contribution < 1.29 is 28.8 Å². The molecule has 2 aliphatic heterocycles. The van der Waals surface area contributed by atoms with Crippen LogP contribution in [0.1, 0.15) is 31.1 Å². The van der Waals surface area contributed by atoms with Crippen LogP contribution in [0.25, 0.3) is 0 Å². The molecular formula is C16H19IO6. The van der Waals surface area contributed by atoms with E-state index >= 15 is 0 Å². The summed E-state index contributed by atoms with van der Waals surface area (Å²) in [5.41, 5.74) is -0.817. The Labute approximate surface area is 148 Å². The maximum atomic E-state index is 12.2. The van der Waals surface area contributed by atoms with E-state index in [1.54, 1.807) is 32.9 Å². The van der Waals surface area contributed by atoms with Crippen molar-refractivity contribution in [2.45, 2.75) is 50.7 Å². The van der Waals surface area contributed by atoms with Gasteiger partial charge in [0.25, 0.3) is 0 Å². The number of carbonyl (C=O) groups is 1. The van der Waals surface area contributed by atoms with Crippen LogP contribution in [0.5, 0.6) is 0 Å². The molecular weight excluding hydrogens is 415 g/mol. The third kappa shape index (κ3) is 3.25. The summed E-state index contributed by atoms with van der Waals surface area (Å²) < 4.78 is 23.1. The normalized spacial score (nSPS) is 35.1. The highest BCUT2D eigenvalue weighted by atomic mass is 127. The van der Waals surface area contributed by atoms with Gasteiger partial charge in [-0.3, -0.25) is 0 Å². The number of carbonyl (C=O) groups excluding carboxylic acids is 1. The van der Waals surface area contributed by atoms with Crippen LogP contribution < -0.4 is 0 Å². The predicted octanol–water partition coefficient (Wildman–Crippen LogP) is 2.08. The fraction of sp³-hybridized carbons (Fsp3) is 0.562. The zero-order valence-corrected chi connectivity index (χ0v) is 15.3. The lowest BCUT2D eigenvalue weighted by Gasteiger charge is -2.29. The van der Waals surface area contributed by atoms with Gasteiger partial charge >= 0.3 is 5.97 Å². The van der Waals surface area contributed by atoms with Crippen LogP contribution >= 0.6 is 22.6 Å². The first-order valence-corrected chi connectivity index (χ1v) is 8.44. The monoisotopic (exact) mass is 434 g/mol. The van der Waals surface area contributed by atoms with Crippen LogP contribution in [0.15, 0.2) is 24.3 Å². The molecule has 0 aliphatic carbocycles. The summed E-state index contributed by atoms with van der Waals surface area (Å²) in [5, 5.41) is 10.7. The minimum Gasteiger partial charge on any atom is -0.459 e. The van der Waals surface area contributed by atoms with Crippen molar-refractivity contribution in [3.05, 3.63) is 33.4 Å². The Bertz CT molecular complexity index is 614. The Morgan fingerprint density at radius 1 is 1.30 bits per heavy atom. The number of hydrogen-bond donors (Lipinski definition) is 1. The molecule has 3 rings (SSSR count). The third-order valence-corrected chi connectivity index (χ3v) is 4.98. The highest BCUT2D eigenvalue weighted by Crippen LogP contribution is 2.42. The number of hydrogen-bond acceptors (Lipinski definition) is 6. The highest BCUT2D eigenvalue weighted by molar-refractivity contribution is 14.1. The lowest BCUT2D eigenvalue weighted by molar-refractivity contribution is -0.230. The lowest BCUT2D eigenvalue weighted by Crippen LogP contribution is -2.48. The third-order valence-electron chi connectivity index (χ3n) is 4.04. The molecule has 0 aromatic heterocycles. The van der Waals surface area contributed by atoms with Crippen LogP contribution in [0.3, 0.4) is 0 Å². The van der Waals surface area contributed by atoms with Crippen molar-refractivity contribution in [2.24, 2.45) is 0 Å². The molecule has 1 N–H and O–H groups in total. The molecule has 2 fully saturated rings. The van der Waals surface area contributed by atoms with Gasteiger partial charge < -0.3 is 24.1 Å². The molecule has 126 valence electrons. The Balaban J connectivity index is 1.64. The first kappa shape index (κ1) is 17.1. The van der Waals surface area contributed by atoms with Gasteiger partial charge in [0.15, 0.2) is 12.1 Å². The zero-order chi connectivity index (χ0) is 16.8. The van der Waals surface area contributed by atoms with Crippen molar-refractivity contribution in [1.82, 2.24) is 0 Å². The van der Waals surface area contributed by atoms with Gasteiger partial charge in [-0.15, -0.1) is 0 Å². The second kappa shape index (κ2) is 5.96. The van der Waals surface area contributed by atoms with Crippen molar-refractivity contribution in [1.29, 1.82) is 0 Å². The maximum absolute atomic E-state index is 12.2. The van der Waals surface area contributed by atoms with Crippen LogP contribution in [0.4, 0.5) is 0 Å². The Hall–Kier alpha value is -0.740. The van der Waals surface area contributed by atoms with E-state index in [0.29, 0.717) is 5.56 Å². The number of ether oxygens (including phenoxy) is 4. The van der Waals surface area contributed by atoms with E-state index in [-0.39, 0.29) is 6.61 Å². The molecule has 0 saturated carbocycles. The SMILES string of the molecule is CC1(C)O[C@@H]2O[C@@H](COC(=O)c3ccccc3I)C(C)(O)[C@H]2O1. The van der Waals surface area contributed by atoms with Gasteiger partial charge in [-0.05, 0) is 55.5 Å². The highest BCUT2D eigenvalue weighted by Gasteiger charge is 2.61. The summed E-state index contributed by atoms with van der Waals surface area (Å²) in [5.74, 6) is -1.25. The smallest absolute Gasteiger partial charge is 0.339 e. The zero-order valence-electron chi connectivity index (χ0n) is 13.1. The molecule has 6 nitrogen and oxygen atoms in total. The van der Waals surface area contributed by atoms with Gasteiger partial charge in [-0.25, -0.2) is 4.79 Å². The number of fused-ring (bicyclic) bond motifs is 1. The van der Waals surface area contributed by atoms with E-state index in [1.807, 2.05) is 12.1 Å². The van der Waals surface area contributed by atoms with Gasteiger partial charge in [0.1, 0.15) is 24.4 Å². The van der Waals surface area contributed by atoms with Gasteiger partial charge in [-0.2, -0.15) is 0 Å². The van der Waals surface area contributed by atoms with Crippen molar-refractivity contribution in [3.63, 3.8) is 0 Å². The molecule has 0 radical (unpaired) electrons. The maximum Gasteiger partial charge on any atom is 0.339 e. The summed E-state index contributed by atoms with van der Waals surface area (Å²) >= 11 is 2.07. The van der Waals surface area contributed by atoms with E-state index < -0.39 is 35.9 Å². The van der Waals surface area contributed by atoms with Gasteiger partial charge in [0.2, 0.25) is 0 Å². The van der Waals surface area contributed by atoms with Gasteiger partial charge in [-0.1, -0.05) is 12.1 Å². The Morgan fingerprint density at radius 2 is 2.00 bits per heavy atom. The van der Waals surface area contributed by atoms with Gasteiger partial charge in [0.05, 0.1) is 5.56 Å². The summed E-state index contributed by atoms with van der Waals surface area (Å²) in [6.07, 6.45) is -1.99. The Kier molecular flexibility index (Phi) is 4.43. The number of benzene rings is 1. The number of aliphatic hydroxyl groups is 1. The summed E-state index contributed by atoms with van der Waals surface area (Å²) in [7, 11) is 0. The number of esters is 1. The minimum atomic E-state index is -1.30. The summed E-state index contributed by atoms with van der Waals surface area (Å²) in [6.45, 7) is 5.05. The number of halogens is 1. The van der Waals surface area contributed by atoms with E-state index in [2.05, 4.69) is 22.6 Å². The van der Waals surface area contributed by atoms with Gasteiger partial charge in [0, 0.05) is 3.57 Å². The first-order chi connectivity index (χ1) is 10.7. The van der Waals surface area contributed by atoms with E-state index in [9.17, 15) is 9.90 Å². The van der Waals surface area contributed by atoms with Crippen LogP contribution in [0, 0.1) is 3.57 Å². The molecule has 1 aromatic rings. The topological polar surface area (TPSA) is 74.2 Å². The van der Waals surface area contributed by atoms with E-state index in [4.69, 9.17) is 18.9 Å². The van der Waals surface area contributed by atoms with Crippen molar-refractivity contribution in [2.75, 3.05) is 6.61 Å². The molecule has 23 heavy (non-hydrogen) atoms. The molecule has 2 aliphatic rings.